The molecular weight excluding hydrogens is 228 g/mol. The Labute approximate surface area is 105 Å². The summed E-state index contributed by atoms with van der Waals surface area (Å²) in [7, 11) is 0. The number of ether oxygens (including phenoxy) is 1. The molecule has 2 aromatic rings. The van der Waals surface area contributed by atoms with Crippen molar-refractivity contribution in [3.8, 4) is 22.9 Å². The van der Waals surface area contributed by atoms with Gasteiger partial charge in [0.2, 0.25) is 5.95 Å². The number of nitrogen functional groups attached to an aromatic ring is 1. The Morgan fingerprint density at radius 2 is 2.00 bits per heavy atom. The fraction of sp³-hybridized carbons (Fsp3) is 0.154. The first kappa shape index (κ1) is 11.9. The molecule has 5 heteroatoms. The predicted octanol–water partition coefficient (Wildman–Crippen LogP) is 2.00. The summed E-state index contributed by atoms with van der Waals surface area (Å²) >= 11 is 0. The Morgan fingerprint density at radius 3 is 2.61 bits per heavy atom. The van der Waals surface area contributed by atoms with Crippen molar-refractivity contribution in [1.29, 1.82) is 5.26 Å². The molecule has 2 N–H and O–H groups in total. The molecule has 0 aliphatic carbocycles. The van der Waals surface area contributed by atoms with Crippen LogP contribution in [0.1, 0.15) is 12.5 Å². The molecule has 18 heavy (non-hydrogen) atoms. The van der Waals surface area contributed by atoms with E-state index < -0.39 is 0 Å². The van der Waals surface area contributed by atoms with Gasteiger partial charge >= 0.3 is 0 Å². The fourth-order valence-corrected chi connectivity index (χ4v) is 1.56. The first-order valence-electron chi connectivity index (χ1n) is 5.49. The minimum absolute atomic E-state index is 0.234. The first-order chi connectivity index (χ1) is 8.74. The number of nitrogens with two attached hydrogens (primary N) is 1. The van der Waals surface area contributed by atoms with Gasteiger partial charge in [0.25, 0.3) is 0 Å². The smallest absolute Gasteiger partial charge is 0.219 e. The van der Waals surface area contributed by atoms with Crippen molar-refractivity contribution in [2.75, 3.05) is 12.3 Å². The lowest BCUT2D eigenvalue weighted by molar-refractivity contribution is 0.339. The minimum atomic E-state index is 0.234. The number of rotatable bonds is 3. The average molecular weight is 240 g/mol. The van der Waals surface area contributed by atoms with Crippen molar-refractivity contribution in [3.05, 3.63) is 36.2 Å². The second-order valence-corrected chi connectivity index (χ2v) is 3.59. The van der Waals surface area contributed by atoms with Crippen LogP contribution in [0.5, 0.6) is 5.75 Å². The Hall–Kier alpha value is -2.61. The monoisotopic (exact) mass is 240 g/mol. The third kappa shape index (κ3) is 2.38. The average Bonchev–Trinajstić information content (AvgIpc) is 2.40. The number of aromatic nitrogens is 2. The maximum atomic E-state index is 8.97. The van der Waals surface area contributed by atoms with Gasteiger partial charge in [0.15, 0.2) is 0 Å². The standard InChI is InChI=1S/C13H12N4O/c1-2-18-12-5-9(3-4-10(12)6-14)11-7-16-13(15)17-8-11/h3-5,7-8H,2H2,1H3,(H2,15,16,17). The van der Waals surface area contributed by atoms with Crippen LogP contribution in [0.4, 0.5) is 5.95 Å². The molecule has 0 amide bonds. The Balaban J connectivity index is 2.43. The van der Waals surface area contributed by atoms with Gasteiger partial charge in [-0.05, 0) is 24.6 Å². The lowest BCUT2D eigenvalue weighted by atomic mass is 10.1. The molecule has 5 nitrogen and oxygen atoms in total. The molecule has 0 spiro atoms. The maximum absolute atomic E-state index is 8.97. The zero-order valence-electron chi connectivity index (χ0n) is 9.92. The van der Waals surface area contributed by atoms with Gasteiger partial charge in [0.1, 0.15) is 11.8 Å². The summed E-state index contributed by atoms with van der Waals surface area (Å²) in [6.07, 6.45) is 3.28. The van der Waals surface area contributed by atoms with Crippen LogP contribution in [0, 0.1) is 11.3 Å². The lowest BCUT2D eigenvalue weighted by Crippen LogP contribution is -1.96. The van der Waals surface area contributed by atoms with Crippen molar-refractivity contribution in [3.63, 3.8) is 0 Å². The van der Waals surface area contributed by atoms with Crippen LogP contribution < -0.4 is 10.5 Å². The molecule has 0 saturated heterocycles. The normalized spacial score (nSPS) is 9.78. The Bertz CT molecular complexity index is 587. The highest BCUT2D eigenvalue weighted by Crippen LogP contribution is 2.26. The van der Waals surface area contributed by atoms with Crippen molar-refractivity contribution in [1.82, 2.24) is 9.97 Å². The van der Waals surface area contributed by atoms with Crippen molar-refractivity contribution >= 4 is 5.95 Å². The van der Waals surface area contributed by atoms with E-state index in [4.69, 9.17) is 15.7 Å². The van der Waals surface area contributed by atoms with Crippen LogP contribution in [0.3, 0.4) is 0 Å². The largest absolute Gasteiger partial charge is 0.492 e. The molecule has 90 valence electrons. The van der Waals surface area contributed by atoms with Gasteiger partial charge in [0.05, 0.1) is 12.2 Å². The molecule has 0 aliphatic heterocycles. The second-order valence-electron chi connectivity index (χ2n) is 3.59. The summed E-state index contributed by atoms with van der Waals surface area (Å²) in [5, 5.41) is 8.97. The highest BCUT2D eigenvalue weighted by Gasteiger charge is 2.06. The van der Waals surface area contributed by atoms with E-state index >= 15 is 0 Å². The summed E-state index contributed by atoms with van der Waals surface area (Å²) in [5.41, 5.74) is 7.66. The van der Waals surface area contributed by atoms with E-state index in [1.54, 1.807) is 24.5 Å². The van der Waals surface area contributed by atoms with E-state index in [1.807, 2.05) is 13.0 Å². The van der Waals surface area contributed by atoms with Crippen LogP contribution in [0.25, 0.3) is 11.1 Å². The number of hydrogen-bond acceptors (Lipinski definition) is 5. The molecule has 0 bridgehead atoms. The van der Waals surface area contributed by atoms with Crippen LogP contribution in [0.15, 0.2) is 30.6 Å². The summed E-state index contributed by atoms with van der Waals surface area (Å²) in [6, 6.07) is 7.44. The quantitative estimate of drug-likeness (QED) is 0.886. The van der Waals surface area contributed by atoms with Crippen molar-refractivity contribution < 1.29 is 4.74 Å². The number of nitrogens with zero attached hydrogens (tertiary/aromatic N) is 3. The van der Waals surface area contributed by atoms with Gasteiger partial charge in [-0.2, -0.15) is 5.26 Å². The van der Waals surface area contributed by atoms with E-state index in [9.17, 15) is 0 Å². The van der Waals surface area contributed by atoms with E-state index in [1.165, 1.54) is 0 Å². The van der Waals surface area contributed by atoms with Gasteiger partial charge in [-0.1, -0.05) is 6.07 Å². The van der Waals surface area contributed by atoms with Gasteiger partial charge in [-0.15, -0.1) is 0 Å². The molecule has 0 atom stereocenters. The molecule has 0 aliphatic rings. The van der Waals surface area contributed by atoms with Crippen LogP contribution in [0.2, 0.25) is 0 Å². The van der Waals surface area contributed by atoms with E-state index in [-0.39, 0.29) is 5.95 Å². The van der Waals surface area contributed by atoms with Gasteiger partial charge in [0, 0.05) is 18.0 Å². The lowest BCUT2D eigenvalue weighted by Gasteiger charge is -2.08. The minimum Gasteiger partial charge on any atom is -0.492 e. The van der Waals surface area contributed by atoms with Gasteiger partial charge in [-0.25, -0.2) is 9.97 Å². The number of benzene rings is 1. The van der Waals surface area contributed by atoms with E-state index in [2.05, 4.69) is 16.0 Å². The van der Waals surface area contributed by atoms with E-state index in [0.29, 0.717) is 17.9 Å². The summed E-state index contributed by atoms with van der Waals surface area (Å²) in [6.45, 7) is 2.39. The molecule has 0 fully saturated rings. The Kier molecular flexibility index (Phi) is 3.39. The molecule has 1 aromatic heterocycles. The van der Waals surface area contributed by atoms with Crippen LogP contribution in [-0.4, -0.2) is 16.6 Å². The van der Waals surface area contributed by atoms with Gasteiger partial charge < -0.3 is 10.5 Å². The summed E-state index contributed by atoms with van der Waals surface area (Å²) in [4.78, 5) is 7.87. The van der Waals surface area contributed by atoms with Crippen molar-refractivity contribution in [2.45, 2.75) is 6.92 Å². The topological polar surface area (TPSA) is 84.8 Å². The highest BCUT2D eigenvalue weighted by molar-refractivity contribution is 5.66. The molecule has 1 heterocycles. The molecule has 0 radical (unpaired) electrons. The fourth-order valence-electron chi connectivity index (χ4n) is 1.56. The Morgan fingerprint density at radius 1 is 1.28 bits per heavy atom. The third-order valence-electron chi connectivity index (χ3n) is 2.41. The van der Waals surface area contributed by atoms with E-state index in [0.717, 1.165) is 11.1 Å². The number of nitriles is 1. The molecular formula is C13H12N4O. The summed E-state index contributed by atoms with van der Waals surface area (Å²) in [5.74, 6) is 0.798. The zero-order chi connectivity index (χ0) is 13.0. The van der Waals surface area contributed by atoms with Crippen LogP contribution >= 0.6 is 0 Å². The first-order valence-corrected chi connectivity index (χ1v) is 5.49. The van der Waals surface area contributed by atoms with Crippen molar-refractivity contribution in [2.24, 2.45) is 0 Å². The molecule has 1 aromatic carbocycles. The predicted molar refractivity (Wildman–Crippen MR) is 67.8 cm³/mol. The number of anilines is 1. The molecule has 0 unspecified atom stereocenters. The van der Waals surface area contributed by atoms with Gasteiger partial charge in [-0.3, -0.25) is 0 Å². The molecule has 0 saturated carbocycles. The number of hydrogen-bond donors (Lipinski definition) is 1. The maximum Gasteiger partial charge on any atom is 0.219 e. The molecule has 2 rings (SSSR count). The zero-order valence-corrected chi connectivity index (χ0v) is 9.92. The van der Waals surface area contributed by atoms with Crippen LogP contribution in [-0.2, 0) is 0 Å². The summed E-state index contributed by atoms with van der Waals surface area (Å²) < 4.78 is 5.43. The SMILES string of the molecule is CCOc1cc(-c2cnc(N)nc2)ccc1C#N. The second kappa shape index (κ2) is 5.15. The highest BCUT2D eigenvalue weighted by atomic mass is 16.5. The third-order valence-corrected chi connectivity index (χ3v) is 2.41.